The topological polar surface area (TPSA) is 99.1 Å². The molecule has 0 spiro atoms. The lowest BCUT2D eigenvalue weighted by molar-refractivity contribution is -0.137. The molecule has 0 radical (unpaired) electrons. The maximum Gasteiger partial charge on any atom is 0.416 e. The minimum atomic E-state index is -4.60. The van der Waals surface area contributed by atoms with Crippen LogP contribution >= 0.6 is 0 Å². The number of nitriles is 1. The lowest BCUT2D eigenvalue weighted by atomic mass is 10.1. The number of nitrogens with zero attached hydrogens (tertiary/aromatic N) is 1. The normalized spacial score (nSPS) is 11.4. The highest BCUT2D eigenvalue weighted by atomic mass is 32.2. The summed E-state index contributed by atoms with van der Waals surface area (Å²) < 4.78 is 65.6. The molecule has 3 aromatic carbocycles. The lowest BCUT2D eigenvalue weighted by Crippen LogP contribution is -2.15. The fourth-order valence-corrected chi connectivity index (χ4v) is 3.81. The van der Waals surface area contributed by atoms with Crippen molar-refractivity contribution in [3.63, 3.8) is 0 Å². The van der Waals surface area contributed by atoms with E-state index in [9.17, 15) is 26.4 Å². The number of rotatable bonds is 6. The zero-order chi connectivity index (χ0) is 23.4. The monoisotopic (exact) mass is 459 g/mol. The van der Waals surface area contributed by atoms with Crippen molar-refractivity contribution in [2.75, 3.05) is 10.0 Å². The smallest absolute Gasteiger partial charge is 0.322 e. The summed E-state index contributed by atoms with van der Waals surface area (Å²) in [5, 5.41) is 11.3. The van der Waals surface area contributed by atoms with Gasteiger partial charge in [-0.15, -0.1) is 0 Å². The molecular weight excluding hydrogens is 443 g/mol. The quantitative estimate of drug-likeness (QED) is 0.552. The van der Waals surface area contributed by atoms with Crippen LogP contribution in [0.4, 0.5) is 24.5 Å². The number of carbonyl (C=O) groups excluding carboxylic acids is 1. The molecule has 0 aliphatic carbocycles. The van der Waals surface area contributed by atoms with E-state index in [-0.39, 0.29) is 22.6 Å². The molecule has 6 nitrogen and oxygen atoms in total. The van der Waals surface area contributed by atoms with Gasteiger partial charge in [0, 0.05) is 16.9 Å². The first-order valence-corrected chi connectivity index (χ1v) is 10.6. The minimum absolute atomic E-state index is 0.184. The van der Waals surface area contributed by atoms with Crippen molar-refractivity contribution in [3.8, 4) is 6.07 Å². The van der Waals surface area contributed by atoms with Gasteiger partial charge in [0.25, 0.3) is 15.9 Å². The predicted molar refractivity (Wildman–Crippen MR) is 112 cm³/mol. The summed E-state index contributed by atoms with van der Waals surface area (Å²) in [6, 6.07) is 17.5. The average Bonchev–Trinajstić information content (AvgIpc) is 2.75. The number of alkyl halides is 3. The molecule has 1 amide bonds. The SMILES string of the molecule is N#CCc1ccc(NC(=O)c2ccc(S(=O)(=O)Nc3cccc(C(F)(F)F)c3)cc2)cc1. The highest BCUT2D eigenvalue weighted by Crippen LogP contribution is 2.31. The summed E-state index contributed by atoms with van der Waals surface area (Å²) in [7, 11) is -4.16. The maximum atomic E-state index is 12.8. The summed E-state index contributed by atoms with van der Waals surface area (Å²) in [6.45, 7) is 0. The Morgan fingerprint density at radius 3 is 2.19 bits per heavy atom. The Morgan fingerprint density at radius 1 is 0.938 bits per heavy atom. The molecular formula is C22H16F3N3O3S. The number of carbonyl (C=O) groups is 1. The average molecular weight is 459 g/mol. The van der Waals surface area contributed by atoms with E-state index in [2.05, 4.69) is 10.0 Å². The van der Waals surface area contributed by atoms with Gasteiger partial charge in [-0.2, -0.15) is 18.4 Å². The molecule has 0 bridgehead atoms. The highest BCUT2D eigenvalue weighted by Gasteiger charge is 2.30. The van der Waals surface area contributed by atoms with Crippen LogP contribution in [-0.4, -0.2) is 14.3 Å². The van der Waals surface area contributed by atoms with E-state index < -0.39 is 27.7 Å². The zero-order valence-corrected chi connectivity index (χ0v) is 17.2. The Morgan fingerprint density at radius 2 is 1.59 bits per heavy atom. The first-order chi connectivity index (χ1) is 15.1. The minimum Gasteiger partial charge on any atom is -0.322 e. The number of amides is 1. The molecule has 0 aliphatic heterocycles. The summed E-state index contributed by atoms with van der Waals surface area (Å²) in [5.74, 6) is -0.479. The van der Waals surface area contributed by atoms with Crippen LogP contribution in [0.3, 0.4) is 0 Å². The first-order valence-electron chi connectivity index (χ1n) is 9.16. The third kappa shape index (κ3) is 5.65. The van der Waals surface area contributed by atoms with Crippen LogP contribution < -0.4 is 10.0 Å². The Labute approximate surface area is 182 Å². The number of halogens is 3. The fourth-order valence-electron chi connectivity index (χ4n) is 2.76. The van der Waals surface area contributed by atoms with Crippen LogP contribution in [-0.2, 0) is 22.6 Å². The van der Waals surface area contributed by atoms with E-state index >= 15 is 0 Å². The van der Waals surface area contributed by atoms with Crippen molar-refractivity contribution in [2.45, 2.75) is 17.5 Å². The van der Waals surface area contributed by atoms with Crippen LogP contribution in [0.25, 0.3) is 0 Å². The zero-order valence-electron chi connectivity index (χ0n) is 16.3. The second kappa shape index (κ2) is 9.11. The van der Waals surface area contributed by atoms with Crippen LogP contribution in [0.15, 0.2) is 77.7 Å². The van der Waals surface area contributed by atoms with Gasteiger partial charge in [0.1, 0.15) is 0 Å². The third-order valence-corrected chi connectivity index (χ3v) is 5.76. The number of benzene rings is 3. The van der Waals surface area contributed by atoms with Gasteiger partial charge in [-0.05, 0) is 60.2 Å². The molecule has 3 aromatic rings. The molecule has 0 saturated heterocycles. The maximum absolute atomic E-state index is 12.8. The van der Waals surface area contributed by atoms with Crippen LogP contribution in [0.5, 0.6) is 0 Å². The molecule has 0 heterocycles. The van der Waals surface area contributed by atoms with Gasteiger partial charge in [0.15, 0.2) is 0 Å². The van der Waals surface area contributed by atoms with Crippen molar-refractivity contribution >= 4 is 27.3 Å². The Hall–Kier alpha value is -3.84. The van der Waals surface area contributed by atoms with Gasteiger partial charge < -0.3 is 5.32 Å². The van der Waals surface area contributed by atoms with Gasteiger partial charge in [0.05, 0.1) is 22.9 Å². The predicted octanol–water partition coefficient (Wildman–Crippen LogP) is 4.82. The molecule has 10 heteroatoms. The largest absolute Gasteiger partial charge is 0.416 e. The van der Waals surface area contributed by atoms with Crippen molar-refractivity contribution in [1.29, 1.82) is 5.26 Å². The molecule has 0 fully saturated rings. The first kappa shape index (κ1) is 22.8. The second-order valence-corrected chi connectivity index (χ2v) is 8.38. The van der Waals surface area contributed by atoms with E-state index in [4.69, 9.17) is 5.26 Å². The second-order valence-electron chi connectivity index (χ2n) is 6.69. The summed E-state index contributed by atoms with van der Waals surface area (Å²) in [6.07, 6.45) is -4.36. The van der Waals surface area contributed by atoms with E-state index in [0.717, 1.165) is 17.7 Å². The van der Waals surface area contributed by atoms with Crippen molar-refractivity contribution in [1.82, 2.24) is 0 Å². The lowest BCUT2D eigenvalue weighted by Gasteiger charge is -2.12. The Kier molecular flexibility index (Phi) is 6.50. The number of nitrogens with one attached hydrogen (secondary N) is 2. The van der Waals surface area contributed by atoms with Gasteiger partial charge in [-0.3, -0.25) is 9.52 Å². The molecule has 0 saturated carbocycles. The van der Waals surface area contributed by atoms with Gasteiger partial charge in [-0.25, -0.2) is 8.42 Å². The van der Waals surface area contributed by atoms with E-state index in [0.29, 0.717) is 11.8 Å². The molecule has 0 aromatic heterocycles. The Balaban J connectivity index is 1.71. The summed E-state index contributed by atoms with van der Waals surface area (Å²) in [5.41, 5.74) is 0.268. The van der Waals surface area contributed by atoms with Crippen LogP contribution in [0.2, 0.25) is 0 Å². The molecule has 3 rings (SSSR count). The van der Waals surface area contributed by atoms with Crippen molar-refractivity contribution < 1.29 is 26.4 Å². The van der Waals surface area contributed by atoms with Crippen LogP contribution in [0.1, 0.15) is 21.5 Å². The number of anilines is 2. The van der Waals surface area contributed by atoms with E-state index in [1.165, 1.54) is 30.3 Å². The number of sulfonamides is 1. The molecule has 32 heavy (non-hydrogen) atoms. The standard InChI is InChI=1S/C22H16F3N3O3S/c23-22(24,25)17-2-1-3-19(14-17)28-32(30,31)20-10-6-16(7-11-20)21(29)27-18-8-4-15(5-9-18)12-13-26/h1-11,14,28H,12H2,(H,27,29). The van der Waals surface area contributed by atoms with Gasteiger partial charge in [0.2, 0.25) is 0 Å². The molecule has 0 atom stereocenters. The van der Waals surface area contributed by atoms with E-state index in [1.54, 1.807) is 24.3 Å². The van der Waals surface area contributed by atoms with Gasteiger partial charge in [-0.1, -0.05) is 18.2 Å². The summed E-state index contributed by atoms with van der Waals surface area (Å²) in [4.78, 5) is 12.2. The Bertz CT molecular complexity index is 1260. The number of hydrogen-bond donors (Lipinski definition) is 2. The number of hydrogen-bond acceptors (Lipinski definition) is 4. The third-order valence-electron chi connectivity index (χ3n) is 4.36. The highest BCUT2D eigenvalue weighted by molar-refractivity contribution is 7.92. The van der Waals surface area contributed by atoms with Crippen molar-refractivity contribution in [3.05, 3.63) is 89.5 Å². The summed E-state index contributed by atoms with van der Waals surface area (Å²) >= 11 is 0. The molecule has 164 valence electrons. The van der Waals surface area contributed by atoms with Gasteiger partial charge >= 0.3 is 6.18 Å². The van der Waals surface area contributed by atoms with E-state index in [1.807, 2.05) is 6.07 Å². The van der Waals surface area contributed by atoms with Crippen molar-refractivity contribution in [2.24, 2.45) is 0 Å². The molecule has 2 N–H and O–H groups in total. The van der Waals surface area contributed by atoms with Crippen LogP contribution in [0, 0.1) is 11.3 Å². The molecule has 0 aliphatic rings. The molecule has 0 unspecified atom stereocenters. The fraction of sp³-hybridized carbons (Fsp3) is 0.0909.